The fourth-order valence-electron chi connectivity index (χ4n) is 2.43. The molecule has 0 aromatic carbocycles. The van der Waals surface area contributed by atoms with Crippen molar-refractivity contribution in [1.82, 2.24) is 9.55 Å². The van der Waals surface area contributed by atoms with Crippen LogP contribution in [0.3, 0.4) is 0 Å². The van der Waals surface area contributed by atoms with Crippen molar-refractivity contribution < 1.29 is 0 Å². The van der Waals surface area contributed by atoms with Crippen molar-refractivity contribution in [3.63, 3.8) is 0 Å². The quantitative estimate of drug-likeness (QED) is 0.781. The summed E-state index contributed by atoms with van der Waals surface area (Å²) in [7, 11) is 0. The van der Waals surface area contributed by atoms with Gasteiger partial charge in [-0.2, -0.15) is 0 Å². The van der Waals surface area contributed by atoms with Gasteiger partial charge in [0.1, 0.15) is 0 Å². The Morgan fingerprint density at radius 1 is 1.25 bits per heavy atom. The highest BCUT2D eigenvalue weighted by molar-refractivity contribution is 5.29. The van der Waals surface area contributed by atoms with Crippen LogP contribution in [0.5, 0.6) is 0 Å². The number of rotatable bonds is 1. The summed E-state index contributed by atoms with van der Waals surface area (Å²) in [5, 5.41) is 0. The van der Waals surface area contributed by atoms with Gasteiger partial charge in [-0.05, 0) is 32.6 Å². The SMILES string of the molecule is CCn1c2c(nc(N)c1=O)CCCCCC2. The van der Waals surface area contributed by atoms with Crippen LogP contribution in [0.2, 0.25) is 0 Å². The first-order valence-electron chi connectivity index (χ1n) is 6.12. The number of hydrogen-bond donors (Lipinski definition) is 1. The van der Waals surface area contributed by atoms with E-state index in [4.69, 9.17) is 5.73 Å². The van der Waals surface area contributed by atoms with E-state index in [1.807, 2.05) is 6.92 Å². The van der Waals surface area contributed by atoms with Crippen molar-refractivity contribution >= 4 is 5.82 Å². The molecular formula is C12H19N3O. The van der Waals surface area contributed by atoms with Crippen molar-refractivity contribution in [2.24, 2.45) is 0 Å². The van der Waals surface area contributed by atoms with Crippen LogP contribution in [0.15, 0.2) is 4.79 Å². The Kier molecular flexibility index (Phi) is 3.27. The highest BCUT2D eigenvalue weighted by atomic mass is 16.1. The monoisotopic (exact) mass is 221 g/mol. The lowest BCUT2D eigenvalue weighted by atomic mass is 10.0. The van der Waals surface area contributed by atoms with Crippen molar-refractivity contribution in [3.05, 3.63) is 21.7 Å². The molecular weight excluding hydrogens is 202 g/mol. The van der Waals surface area contributed by atoms with Gasteiger partial charge in [-0.15, -0.1) is 0 Å². The molecule has 88 valence electrons. The Labute approximate surface area is 95.5 Å². The molecule has 0 aliphatic heterocycles. The second-order valence-electron chi connectivity index (χ2n) is 4.35. The fraction of sp³-hybridized carbons (Fsp3) is 0.667. The van der Waals surface area contributed by atoms with E-state index in [2.05, 4.69) is 4.98 Å². The van der Waals surface area contributed by atoms with E-state index in [0.29, 0.717) is 6.54 Å². The van der Waals surface area contributed by atoms with Gasteiger partial charge in [-0.25, -0.2) is 4.98 Å². The second-order valence-corrected chi connectivity index (χ2v) is 4.35. The zero-order valence-corrected chi connectivity index (χ0v) is 9.83. The number of nitrogens with two attached hydrogens (primary N) is 1. The lowest BCUT2D eigenvalue weighted by molar-refractivity contribution is 0.561. The molecule has 0 saturated heterocycles. The standard InChI is InChI=1S/C12H19N3O/c1-2-15-10-8-6-4-3-5-7-9(10)14-11(13)12(15)16/h2-8H2,1H3,(H2,13,14). The highest BCUT2D eigenvalue weighted by Gasteiger charge is 2.15. The molecule has 0 spiro atoms. The third-order valence-electron chi connectivity index (χ3n) is 3.27. The lowest BCUT2D eigenvalue weighted by Crippen LogP contribution is -2.29. The van der Waals surface area contributed by atoms with Crippen LogP contribution in [-0.4, -0.2) is 9.55 Å². The molecule has 0 radical (unpaired) electrons. The molecule has 0 saturated carbocycles. The van der Waals surface area contributed by atoms with Gasteiger partial charge < -0.3 is 10.3 Å². The molecule has 0 unspecified atom stereocenters. The summed E-state index contributed by atoms with van der Waals surface area (Å²) in [4.78, 5) is 16.1. The van der Waals surface area contributed by atoms with Gasteiger partial charge in [0.05, 0.1) is 5.69 Å². The predicted octanol–water partition coefficient (Wildman–Crippen LogP) is 1.50. The molecule has 2 N–H and O–H groups in total. The Balaban J connectivity index is 2.54. The first-order chi connectivity index (χ1) is 7.74. The Morgan fingerprint density at radius 2 is 1.94 bits per heavy atom. The molecule has 4 heteroatoms. The van der Waals surface area contributed by atoms with Gasteiger partial charge in [0.2, 0.25) is 0 Å². The second kappa shape index (κ2) is 4.68. The zero-order valence-electron chi connectivity index (χ0n) is 9.83. The molecule has 1 aromatic rings. The van der Waals surface area contributed by atoms with E-state index >= 15 is 0 Å². The number of fused-ring (bicyclic) bond motifs is 1. The maximum Gasteiger partial charge on any atom is 0.293 e. The van der Waals surface area contributed by atoms with E-state index in [1.54, 1.807) is 4.57 Å². The van der Waals surface area contributed by atoms with Crippen molar-refractivity contribution in [1.29, 1.82) is 0 Å². The molecule has 4 nitrogen and oxygen atoms in total. The maximum absolute atomic E-state index is 11.8. The molecule has 0 atom stereocenters. The molecule has 0 fully saturated rings. The average molecular weight is 221 g/mol. The van der Waals surface area contributed by atoms with Gasteiger partial charge in [-0.1, -0.05) is 12.8 Å². The number of hydrogen-bond acceptors (Lipinski definition) is 3. The minimum Gasteiger partial charge on any atom is -0.379 e. The number of anilines is 1. The normalized spacial score (nSPS) is 16.3. The minimum atomic E-state index is -0.123. The van der Waals surface area contributed by atoms with Gasteiger partial charge in [0.15, 0.2) is 5.82 Å². The van der Waals surface area contributed by atoms with Crippen molar-refractivity contribution in [3.8, 4) is 0 Å². The average Bonchev–Trinajstić information content (AvgIpc) is 2.24. The number of aryl methyl sites for hydroxylation is 1. The number of nitrogen functional groups attached to an aromatic ring is 1. The number of aromatic nitrogens is 2. The highest BCUT2D eigenvalue weighted by Crippen LogP contribution is 2.18. The molecule has 1 aliphatic rings. The minimum absolute atomic E-state index is 0.123. The van der Waals surface area contributed by atoms with Crippen LogP contribution in [0.1, 0.15) is 44.0 Å². The third-order valence-corrected chi connectivity index (χ3v) is 3.27. The zero-order chi connectivity index (χ0) is 11.5. The van der Waals surface area contributed by atoms with E-state index in [1.165, 1.54) is 12.8 Å². The Morgan fingerprint density at radius 3 is 2.62 bits per heavy atom. The Hall–Kier alpha value is -1.32. The molecule has 0 bridgehead atoms. The summed E-state index contributed by atoms with van der Waals surface area (Å²) in [6.45, 7) is 2.67. The molecule has 1 aliphatic carbocycles. The van der Waals surface area contributed by atoms with Crippen LogP contribution >= 0.6 is 0 Å². The van der Waals surface area contributed by atoms with Crippen LogP contribution < -0.4 is 11.3 Å². The smallest absolute Gasteiger partial charge is 0.293 e. The fourth-order valence-corrected chi connectivity index (χ4v) is 2.43. The molecule has 0 amide bonds. The summed E-state index contributed by atoms with van der Waals surface area (Å²) < 4.78 is 1.79. The first kappa shape index (κ1) is 11.2. The number of nitrogens with zero attached hydrogens (tertiary/aromatic N) is 2. The third kappa shape index (κ3) is 1.96. The van der Waals surface area contributed by atoms with Crippen LogP contribution in [-0.2, 0) is 19.4 Å². The summed E-state index contributed by atoms with van der Waals surface area (Å²) in [6.07, 6.45) is 6.74. The molecule has 1 aromatic heterocycles. The molecule has 16 heavy (non-hydrogen) atoms. The van der Waals surface area contributed by atoms with Gasteiger partial charge in [-0.3, -0.25) is 4.79 Å². The topological polar surface area (TPSA) is 60.9 Å². The first-order valence-corrected chi connectivity index (χ1v) is 6.12. The largest absolute Gasteiger partial charge is 0.379 e. The molecule has 1 heterocycles. The maximum atomic E-state index is 11.8. The lowest BCUT2D eigenvalue weighted by Gasteiger charge is -2.18. The van der Waals surface area contributed by atoms with E-state index in [9.17, 15) is 4.79 Å². The van der Waals surface area contributed by atoms with E-state index in [-0.39, 0.29) is 11.4 Å². The van der Waals surface area contributed by atoms with Gasteiger partial charge >= 0.3 is 0 Å². The van der Waals surface area contributed by atoms with Crippen LogP contribution in [0.25, 0.3) is 0 Å². The van der Waals surface area contributed by atoms with Crippen molar-refractivity contribution in [2.45, 2.75) is 52.0 Å². The molecule has 2 rings (SSSR count). The van der Waals surface area contributed by atoms with Crippen molar-refractivity contribution in [2.75, 3.05) is 5.73 Å². The summed E-state index contributed by atoms with van der Waals surface area (Å²) in [5.41, 5.74) is 7.70. The predicted molar refractivity (Wildman–Crippen MR) is 64.5 cm³/mol. The summed E-state index contributed by atoms with van der Waals surface area (Å²) >= 11 is 0. The van der Waals surface area contributed by atoms with Gasteiger partial charge in [0, 0.05) is 12.2 Å². The summed E-state index contributed by atoms with van der Waals surface area (Å²) in [6, 6.07) is 0. The summed E-state index contributed by atoms with van der Waals surface area (Å²) in [5.74, 6) is 0.154. The van der Waals surface area contributed by atoms with E-state index < -0.39 is 0 Å². The van der Waals surface area contributed by atoms with E-state index in [0.717, 1.165) is 37.1 Å². The van der Waals surface area contributed by atoms with Crippen LogP contribution in [0, 0.1) is 0 Å². The van der Waals surface area contributed by atoms with Crippen LogP contribution in [0.4, 0.5) is 5.82 Å². The van der Waals surface area contributed by atoms with Gasteiger partial charge in [0.25, 0.3) is 5.56 Å². The Bertz CT molecular complexity index is 437.